The molecule has 0 spiro atoms. The molecule has 0 N–H and O–H groups in total. The Morgan fingerprint density at radius 3 is 2.71 bits per heavy atom. The van der Waals surface area contributed by atoms with Crippen molar-refractivity contribution in [2.24, 2.45) is 0 Å². The van der Waals surface area contributed by atoms with Crippen molar-refractivity contribution in [3.8, 4) is 0 Å². The van der Waals surface area contributed by atoms with E-state index in [0.29, 0.717) is 18.9 Å². The van der Waals surface area contributed by atoms with Crippen molar-refractivity contribution in [1.82, 2.24) is 9.97 Å². The van der Waals surface area contributed by atoms with E-state index in [1.165, 1.54) is 0 Å². The van der Waals surface area contributed by atoms with Crippen LogP contribution in [0.15, 0.2) is 12.4 Å². The fourth-order valence-electron chi connectivity index (χ4n) is 1.58. The van der Waals surface area contributed by atoms with Crippen molar-refractivity contribution in [2.75, 3.05) is 18.0 Å². The lowest BCUT2D eigenvalue weighted by atomic mass is 10.1. The van der Waals surface area contributed by atoms with Gasteiger partial charge in [0.2, 0.25) is 5.95 Å². The number of rotatable bonds is 1. The summed E-state index contributed by atoms with van der Waals surface area (Å²) in [5.41, 5.74) is 0. The molecule has 1 aliphatic rings. The monoisotopic (exact) mass is 199 g/mol. The standard InChI is InChI=1S/C9H11F2N3/c10-7-2-1-3-14(6-7)9-12-4-8(11)5-13-9/h4-5,7H,1-3,6H2/t7-/m0/s1. The molecule has 0 bridgehead atoms. The first-order chi connectivity index (χ1) is 6.75. The normalized spacial score (nSPS) is 22.4. The van der Waals surface area contributed by atoms with Crippen molar-refractivity contribution < 1.29 is 8.78 Å². The zero-order valence-corrected chi connectivity index (χ0v) is 7.66. The van der Waals surface area contributed by atoms with Gasteiger partial charge in [-0.25, -0.2) is 18.7 Å². The second-order valence-corrected chi connectivity index (χ2v) is 3.39. The number of alkyl halides is 1. The molecule has 2 rings (SSSR count). The third-order valence-electron chi connectivity index (χ3n) is 2.25. The molecular weight excluding hydrogens is 188 g/mol. The second-order valence-electron chi connectivity index (χ2n) is 3.39. The molecule has 76 valence electrons. The number of nitrogens with zero attached hydrogens (tertiary/aromatic N) is 3. The van der Waals surface area contributed by atoms with Crippen molar-refractivity contribution in [3.05, 3.63) is 18.2 Å². The highest BCUT2D eigenvalue weighted by molar-refractivity contribution is 5.29. The zero-order chi connectivity index (χ0) is 9.97. The van der Waals surface area contributed by atoms with Gasteiger partial charge in [-0.05, 0) is 12.8 Å². The average Bonchev–Trinajstić information content (AvgIpc) is 2.19. The molecule has 5 heteroatoms. The Kier molecular flexibility index (Phi) is 2.56. The van der Waals surface area contributed by atoms with Crippen molar-refractivity contribution in [3.63, 3.8) is 0 Å². The fourth-order valence-corrected chi connectivity index (χ4v) is 1.58. The second kappa shape index (κ2) is 3.86. The van der Waals surface area contributed by atoms with Crippen LogP contribution in [0.2, 0.25) is 0 Å². The van der Waals surface area contributed by atoms with Gasteiger partial charge in [0.1, 0.15) is 6.17 Å². The number of hydrogen-bond acceptors (Lipinski definition) is 3. The van der Waals surface area contributed by atoms with E-state index < -0.39 is 12.0 Å². The van der Waals surface area contributed by atoms with E-state index in [4.69, 9.17) is 0 Å². The molecule has 0 unspecified atom stereocenters. The van der Waals surface area contributed by atoms with Crippen molar-refractivity contribution in [2.45, 2.75) is 19.0 Å². The first-order valence-corrected chi connectivity index (χ1v) is 4.62. The highest BCUT2D eigenvalue weighted by Gasteiger charge is 2.20. The summed E-state index contributed by atoms with van der Waals surface area (Å²) in [5, 5.41) is 0. The molecule has 1 aliphatic heterocycles. The quantitative estimate of drug-likeness (QED) is 0.687. The van der Waals surface area contributed by atoms with Crippen LogP contribution in [0.3, 0.4) is 0 Å². The summed E-state index contributed by atoms with van der Waals surface area (Å²) in [5.74, 6) is -0.0590. The lowest BCUT2D eigenvalue weighted by Crippen LogP contribution is -2.37. The summed E-state index contributed by atoms with van der Waals surface area (Å²) in [4.78, 5) is 9.36. The van der Waals surface area contributed by atoms with E-state index in [1.807, 2.05) is 0 Å². The maximum Gasteiger partial charge on any atom is 0.225 e. The third kappa shape index (κ3) is 1.97. The molecule has 0 amide bonds. The van der Waals surface area contributed by atoms with Crippen LogP contribution in [-0.2, 0) is 0 Å². The third-order valence-corrected chi connectivity index (χ3v) is 2.25. The Morgan fingerprint density at radius 1 is 1.36 bits per heavy atom. The minimum Gasteiger partial charge on any atom is -0.338 e. The number of piperidine rings is 1. The molecule has 3 nitrogen and oxygen atoms in total. The van der Waals surface area contributed by atoms with E-state index >= 15 is 0 Å². The van der Waals surface area contributed by atoms with Gasteiger partial charge in [0.15, 0.2) is 5.82 Å². The van der Waals surface area contributed by atoms with Gasteiger partial charge >= 0.3 is 0 Å². The van der Waals surface area contributed by atoms with Crippen LogP contribution in [-0.4, -0.2) is 29.2 Å². The lowest BCUT2D eigenvalue weighted by molar-refractivity contribution is 0.285. The van der Waals surface area contributed by atoms with Crippen LogP contribution >= 0.6 is 0 Å². The highest BCUT2D eigenvalue weighted by Crippen LogP contribution is 2.17. The molecule has 0 aliphatic carbocycles. The topological polar surface area (TPSA) is 29.0 Å². The highest BCUT2D eigenvalue weighted by atomic mass is 19.1. The van der Waals surface area contributed by atoms with Crippen LogP contribution in [0.4, 0.5) is 14.7 Å². The van der Waals surface area contributed by atoms with Crippen LogP contribution < -0.4 is 4.90 Å². The summed E-state index contributed by atoms with van der Waals surface area (Å²) in [7, 11) is 0. The molecule has 14 heavy (non-hydrogen) atoms. The Morgan fingerprint density at radius 2 is 2.07 bits per heavy atom. The maximum atomic E-state index is 13.0. The predicted molar refractivity (Wildman–Crippen MR) is 48.3 cm³/mol. The smallest absolute Gasteiger partial charge is 0.225 e. The molecule has 1 fully saturated rings. The number of hydrogen-bond donors (Lipinski definition) is 0. The lowest BCUT2D eigenvalue weighted by Gasteiger charge is -2.28. The van der Waals surface area contributed by atoms with Gasteiger partial charge in [-0.1, -0.05) is 0 Å². The van der Waals surface area contributed by atoms with Crippen molar-refractivity contribution >= 4 is 5.95 Å². The van der Waals surface area contributed by atoms with E-state index in [1.54, 1.807) is 4.90 Å². The summed E-state index contributed by atoms with van der Waals surface area (Å²) >= 11 is 0. The van der Waals surface area contributed by atoms with Gasteiger partial charge in [0, 0.05) is 6.54 Å². The number of aromatic nitrogens is 2. The van der Waals surface area contributed by atoms with Gasteiger partial charge in [-0.3, -0.25) is 0 Å². The molecule has 1 atom stereocenters. The van der Waals surface area contributed by atoms with Crippen LogP contribution in [0, 0.1) is 5.82 Å². The summed E-state index contributed by atoms with van der Waals surface area (Å²) in [6.07, 6.45) is 2.77. The van der Waals surface area contributed by atoms with Gasteiger partial charge in [0.25, 0.3) is 0 Å². The molecule has 1 aromatic rings. The minimum absolute atomic E-state index is 0.311. The zero-order valence-electron chi connectivity index (χ0n) is 7.66. The summed E-state index contributed by atoms with van der Waals surface area (Å²) in [6.45, 7) is 1.05. The van der Waals surface area contributed by atoms with Gasteiger partial charge in [-0.15, -0.1) is 0 Å². The van der Waals surface area contributed by atoms with Gasteiger partial charge in [-0.2, -0.15) is 0 Å². The fraction of sp³-hybridized carbons (Fsp3) is 0.556. The molecular formula is C9H11F2N3. The van der Waals surface area contributed by atoms with E-state index in [2.05, 4.69) is 9.97 Å². The number of halogens is 2. The Hall–Kier alpha value is -1.26. The Labute approximate surface area is 80.8 Å². The first kappa shape index (κ1) is 9.30. The van der Waals surface area contributed by atoms with E-state index in [0.717, 1.165) is 25.4 Å². The molecule has 0 radical (unpaired) electrons. The van der Waals surface area contributed by atoms with Gasteiger partial charge in [0.05, 0.1) is 18.9 Å². The van der Waals surface area contributed by atoms with E-state index in [-0.39, 0.29) is 0 Å². The largest absolute Gasteiger partial charge is 0.338 e. The Bertz CT molecular complexity index is 301. The van der Waals surface area contributed by atoms with Crippen LogP contribution in [0.5, 0.6) is 0 Å². The SMILES string of the molecule is Fc1cnc(N2CCC[C@H](F)C2)nc1. The molecule has 1 saturated heterocycles. The van der Waals surface area contributed by atoms with Crippen LogP contribution in [0.1, 0.15) is 12.8 Å². The summed E-state index contributed by atoms with van der Waals surface area (Å²) < 4.78 is 25.5. The van der Waals surface area contributed by atoms with Crippen LogP contribution in [0.25, 0.3) is 0 Å². The molecule has 1 aromatic heterocycles. The minimum atomic E-state index is -0.822. The molecule has 2 heterocycles. The maximum absolute atomic E-state index is 13.0. The summed E-state index contributed by atoms with van der Waals surface area (Å²) in [6, 6.07) is 0. The van der Waals surface area contributed by atoms with Crippen molar-refractivity contribution in [1.29, 1.82) is 0 Å². The number of anilines is 1. The Balaban J connectivity index is 2.10. The molecule has 0 aromatic carbocycles. The van der Waals surface area contributed by atoms with Gasteiger partial charge < -0.3 is 4.90 Å². The molecule has 0 saturated carbocycles. The predicted octanol–water partition coefficient (Wildman–Crippen LogP) is 1.55. The van der Waals surface area contributed by atoms with E-state index in [9.17, 15) is 8.78 Å². The average molecular weight is 199 g/mol. The first-order valence-electron chi connectivity index (χ1n) is 4.62.